The van der Waals surface area contributed by atoms with E-state index in [1.54, 1.807) is 17.3 Å². The zero-order valence-electron chi connectivity index (χ0n) is 23.0. The Hall–Kier alpha value is -3.62. The van der Waals surface area contributed by atoms with Gasteiger partial charge in [-0.15, -0.1) is 11.8 Å². The number of carbonyl (C=O) groups excluding carboxylic acids is 2. The first-order valence-electron chi connectivity index (χ1n) is 13.2. The molecule has 2 aromatic carbocycles. The average Bonchev–Trinajstić information content (AvgIpc) is 3.26. The minimum absolute atomic E-state index is 0.124. The van der Waals surface area contributed by atoms with Crippen LogP contribution in [0.15, 0.2) is 73.1 Å². The quantitative estimate of drug-likeness (QED) is 0.305. The molecule has 7 nitrogen and oxygen atoms in total. The number of amides is 2. The molecule has 4 aromatic rings. The van der Waals surface area contributed by atoms with Crippen LogP contribution in [0.4, 0.5) is 5.82 Å². The fraction of sp³-hybridized carbons (Fsp3) is 0.290. The Bertz CT molecular complexity index is 1550. The minimum atomic E-state index is -0.335. The Labute approximate surface area is 243 Å². The van der Waals surface area contributed by atoms with Crippen molar-refractivity contribution in [2.45, 2.75) is 44.9 Å². The highest BCUT2D eigenvalue weighted by Gasteiger charge is 2.40. The summed E-state index contributed by atoms with van der Waals surface area (Å²) in [6.45, 7) is 8.61. The monoisotopic (exact) mass is 573 g/mol. The van der Waals surface area contributed by atoms with E-state index in [1.807, 2.05) is 72.3 Å². The number of hydrogen-bond acceptors (Lipinski definition) is 5. The lowest BCUT2D eigenvalue weighted by atomic mass is 9.87. The molecule has 0 fully saturated rings. The molecule has 0 radical (unpaired) electrons. The maximum absolute atomic E-state index is 13.8. The summed E-state index contributed by atoms with van der Waals surface area (Å²) in [5.74, 6) is 0.432. The van der Waals surface area contributed by atoms with Crippen LogP contribution in [0.5, 0.6) is 0 Å². The van der Waals surface area contributed by atoms with Crippen molar-refractivity contribution in [3.05, 3.63) is 106 Å². The van der Waals surface area contributed by atoms with Crippen LogP contribution in [0.25, 0.3) is 5.69 Å². The van der Waals surface area contributed by atoms with E-state index >= 15 is 0 Å². The van der Waals surface area contributed by atoms with E-state index in [2.05, 4.69) is 31.1 Å². The molecule has 1 aliphatic heterocycles. The van der Waals surface area contributed by atoms with Crippen LogP contribution in [0.1, 0.15) is 54.0 Å². The fourth-order valence-electron chi connectivity index (χ4n) is 4.88. The van der Waals surface area contributed by atoms with Crippen LogP contribution >= 0.6 is 23.4 Å². The molecule has 2 aromatic heterocycles. The predicted octanol–water partition coefficient (Wildman–Crippen LogP) is 6.01. The Kier molecular flexibility index (Phi) is 8.01. The summed E-state index contributed by atoms with van der Waals surface area (Å²) in [4.78, 5) is 32.7. The zero-order valence-corrected chi connectivity index (χ0v) is 24.6. The maximum Gasteiger partial charge on any atom is 0.240 e. The second-order valence-corrected chi connectivity index (χ2v) is 12.4. The molecule has 40 heavy (non-hydrogen) atoms. The number of aromatic nitrogens is 3. The largest absolute Gasteiger partial charge is 0.350 e. The molecule has 1 N–H and O–H groups in total. The molecule has 0 saturated heterocycles. The minimum Gasteiger partial charge on any atom is -0.350 e. The summed E-state index contributed by atoms with van der Waals surface area (Å²) in [6, 6.07) is 19.4. The normalized spacial score (nSPS) is 15.5. The third-order valence-electron chi connectivity index (χ3n) is 6.84. The molecule has 0 unspecified atom stereocenters. The maximum atomic E-state index is 13.8. The Balaban J connectivity index is 1.67. The second kappa shape index (κ2) is 11.5. The summed E-state index contributed by atoms with van der Waals surface area (Å²) >= 11 is 7.97. The summed E-state index contributed by atoms with van der Waals surface area (Å²) < 4.78 is 1.85. The van der Waals surface area contributed by atoms with Crippen molar-refractivity contribution in [1.29, 1.82) is 0 Å². The number of aryl methyl sites for hydroxylation is 1. The molecule has 1 aliphatic rings. The number of nitrogens with one attached hydrogen (secondary N) is 1. The molecule has 3 heterocycles. The van der Waals surface area contributed by atoms with Gasteiger partial charge in [0.05, 0.1) is 22.4 Å². The number of rotatable bonds is 6. The standard InChI is InChI=1S/C31H32ClN5O2S/c1-20-8-5-6-11-24(20)37-30-27(29(35-37)31(2,3)4)28(22-9-7-10-23(32)16-22)40-19-26(39)36(30)18-25(38)34-17-21-12-14-33-15-13-21/h5-16,28H,17-19H2,1-4H3,(H,34,38)/t28-/m0/s1. The molecule has 9 heteroatoms. The van der Waals surface area contributed by atoms with Gasteiger partial charge in [0.1, 0.15) is 12.4 Å². The SMILES string of the molecule is Cc1ccccc1-n1nc(C(C)(C)C)c2c1N(CC(=O)NCc1ccncc1)C(=O)CS[C@H]2c1cccc(Cl)c1. The van der Waals surface area contributed by atoms with Crippen LogP contribution in [0, 0.1) is 6.92 Å². The van der Waals surface area contributed by atoms with Crippen LogP contribution in [-0.4, -0.2) is 38.9 Å². The van der Waals surface area contributed by atoms with Crippen molar-refractivity contribution in [1.82, 2.24) is 20.1 Å². The number of pyridine rings is 1. The molecule has 5 rings (SSSR count). The van der Waals surface area contributed by atoms with E-state index in [-0.39, 0.29) is 34.8 Å². The molecule has 1 atom stereocenters. The highest BCUT2D eigenvalue weighted by molar-refractivity contribution is 8.00. The van der Waals surface area contributed by atoms with Gasteiger partial charge in [-0.25, -0.2) is 4.68 Å². The smallest absolute Gasteiger partial charge is 0.240 e. The van der Waals surface area contributed by atoms with Gasteiger partial charge in [-0.2, -0.15) is 5.10 Å². The number of fused-ring (bicyclic) bond motifs is 1. The lowest BCUT2D eigenvalue weighted by Gasteiger charge is -2.25. The first-order chi connectivity index (χ1) is 19.1. The average molecular weight is 574 g/mol. The highest BCUT2D eigenvalue weighted by atomic mass is 35.5. The van der Waals surface area contributed by atoms with Crippen molar-refractivity contribution >= 4 is 41.0 Å². The number of carbonyl (C=O) groups is 2. The second-order valence-electron chi connectivity index (χ2n) is 10.9. The van der Waals surface area contributed by atoms with Crippen LogP contribution in [0.2, 0.25) is 5.02 Å². The van der Waals surface area contributed by atoms with Crippen LogP contribution < -0.4 is 10.2 Å². The van der Waals surface area contributed by atoms with Gasteiger partial charge in [0.15, 0.2) is 0 Å². The number of thioether (sulfide) groups is 1. The number of halogens is 1. The Morgan fingerprint density at radius 3 is 2.55 bits per heavy atom. The van der Waals surface area contributed by atoms with Gasteiger partial charge in [-0.1, -0.05) is 62.7 Å². The molecule has 2 amide bonds. The van der Waals surface area contributed by atoms with E-state index in [9.17, 15) is 9.59 Å². The van der Waals surface area contributed by atoms with E-state index in [4.69, 9.17) is 16.7 Å². The zero-order chi connectivity index (χ0) is 28.4. The number of benzene rings is 2. The summed E-state index contributed by atoms with van der Waals surface area (Å²) in [5.41, 5.74) is 5.27. The number of nitrogens with zero attached hydrogens (tertiary/aromatic N) is 4. The van der Waals surface area contributed by atoms with Crippen molar-refractivity contribution in [2.24, 2.45) is 0 Å². The molecular weight excluding hydrogens is 542 g/mol. The molecule has 0 aliphatic carbocycles. The topological polar surface area (TPSA) is 80.1 Å². The van der Waals surface area contributed by atoms with E-state index in [0.717, 1.165) is 33.6 Å². The highest BCUT2D eigenvalue weighted by Crippen LogP contribution is 2.48. The molecule has 0 bridgehead atoms. The van der Waals surface area contributed by atoms with E-state index < -0.39 is 0 Å². The van der Waals surface area contributed by atoms with Gasteiger partial charge in [0.2, 0.25) is 11.8 Å². The van der Waals surface area contributed by atoms with Gasteiger partial charge in [0.25, 0.3) is 0 Å². The van der Waals surface area contributed by atoms with Crippen molar-refractivity contribution < 1.29 is 9.59 Å². The molecule has 0 spiro atoms. The summed E-state index contributed by atoms with van der Waals surface area (Å²) in [7, 11) is 0. The predicted molar refractivity (Wildman–Crippen MR) is 161 cm³/mol. The third kappa shape index (κ3) is 5.78. The van der Waals surface area contributed by atoms with Crippen molar-refractivity contribution in [3.63, 3.8) is 0 Å². The summed E-state index contributed by atoms with van der Waals surface area (Å²) in [6.07, 6.45) is 3.38. The molecule has 0 saturated carbocycles. The molecular formula is C31H32ClN5O2S. The van der Waals surface area contributed by atoms with Crippen LogP contribution in [-0.2, 0) is 21.5 Å². The number of para-hydroxylation sites is 1. The first-order valence-corrected chi connectivity index (χ1v) is 14.6. The Morgan fingerprint density at radius 2 is 1.85 bits per heavy atom. The first kappa shape index (κ1) is 27.9. The van der Waals surface area contributed by atoms with E-state index in [1.165, 1.54) is 11.8 Å². The summed E-state index contributed by atoms with van der Waals surface area (Å²) in [5, 5.41) is 8.55. The third-order valence-corrected chi connectivity index (χ3v) is 8.33. The van der Waals surface area contributed by atoms with Gasteiger partial charge in [-0.05, 0) is 53.9 Å². The van der Waals surface area contributed by atoms with Crippen LogP contribution in [0.3, 0.4) is 0 Å². The Morgan fingerprint density at radius 1 is 1.10 bits per heavy atom. The van der Waals surface area contributed by atoms with Crippen molar-refractivity contribution in [3.8, 4) is 5.69 Å². The van der Waals surface area contributed by atoms with Gasteiger partial charge < -0.3 is 5.32 Å². The van der Waals surface area contributed by atoms with Gasteiger partial charge >= 0.3 is 0 Å². The number of anilines is 1. The molecule has 206 valence electrons. The van der Waals surface area contributed by atoms with Gasteiger partial charge in [0, 0.05) is 34.9 Å². The van der Waals surface area contributed by atoms with Gasteiger partial charge in [-0.3, -0.25) is 19.5 Å². The number of hydrogen-bond donors (Lipinski definition) is 1. The fourth-order valence-corrected chi connectivity index (χ4v) is 6.26. The van der Waals surface area contributed by atoms with Crippen molar-refractivity contribution in [2.75, 3.05) is 17.2 Å². The lowest BCUT2D eigenvalue weighted by Crippen LogP contribution is -2.42. The van der Waals surface area contributed by atoms with E-state index in [0.29, 0.717) is 17.4 Å². The lowest BCUT2D eigenvalue weighted by molar-refractivity contribution is -0.123.